The Balaban J connectivity index is 1.68. The van der Waals surface area contributed by atoms with Crippen LogP contribution in [0.25, 0.3) is 11.1 Å². The topological polar surface area (TPSA) is 111 Å². The minimum atomic E-state index is -0.507. The first-order chi connectivity index (χ1) is 16.3. The number of anilines is 1. The standard InChI is InChI=1S/C24H22ClN3O6/c1-27(14-23(29)26-21-6-4-3-5-20(21)25)24(30)15-34-22-12-9-17(28(31)32)13-19(22)16-7-10-18(33-2)11-8-16/h3-13H,14-15H2,1-2H3,(H,26,29). The molecule has 0 atom stereocenters. The molecule has 176 valence electrons. The normalized spacial score (nSPS) is 10.3. The van der Waals surface area contributed by atoms with E-state index in [0.29, 0.717) is 27.6 Å². The van der Waals surface area contributed by atoms with Crippen molar-refractivity contribution in [3.8, 4) is 22.6 Å². The van der Waals surface area contributed by atoms with Gasteiger partial charge in [0.25, 0.3) is 11.6 Å². The van der Waals surface area contributed by atoms with Gasteiger partial charge in [-0.15, -0.1) is 0 Å². The molecule has 1 N–H and O–H groups in total. The van der Waals surface area contributed by atoms with Gasteiger partial charge in [-0.3, -0.25) is 19.7 Å². The van der Waals surface area contributed by atoms with Crippen LogP contribution in [0.2, 0.25) is 5.02 Å². The summed E-state index contributed by atoms with van der Waals surface area (Å²) < 4.78 is 10.8. The zero-order valence-corrected chi connectivity index (χ0v) is 19.2. The lowest BCUT2D eigenvalue weighted by molar-refractivity contribution is -0.384. The molecule has 0 saturated carbocycles. The SMILES string of the molecule is COc1ccc(-c2cc([N+](=O)[O-])ccc2OCC(=O)N(C)CC(=O)Nc2ccccc2Cl)cc1. The Kier molecular flexibility index (Phi) is 8.05. The number of ether oxygens (including phenoxy) is 2. The van der Waals surface area contributed by atoms with Crippen LogP contribution >= 0.6 is 11.6 Å². The Bertz CT molecular complexity index is 1200. The average molecular weight is 484 g/mol. The highest BCUT2D eigenvalue weighted by molar-refractivity contribution is 6.33. The highest BCUT2D eigenvalue weighted by Gasteiger charge is 2.18. The second-order valence-corrected chi connectivity index (χ2v) is 7.64. The lowest BCUT2D eigenvalue weighted by Crippen LogP contribution is -2.37. The molecular weight excluding hydrogens is 462 g/mol. The monoisotopic (exact) mass is 483 g/mol. The van der Waals surface area contributed by atoms with Crippen molar-refractivity contribution >= 4 is 34.8 Å². The molecule has 0 heterocycles. The fourth-order valence-electron chi connectivity index (χ4n) is 3.06. The molecule has 3 aromatic carbocycles. The van der Waals surface area contributed by atoms with Crippen LogP contribution in [0, 0.1) is 10.1 Å². The van der Waals surface area contributed by atoms with E-state index in [9.17, 15) is 19.7 Å². The van der Waals surface area contributed by atoms with Gasteiger partial charge < -0.3 is 19.7 Å². The summed E-state index contributed by atoms with van der Waals surface area (Å²) in [6.45, 7) is -0.574. The zero-order chi connectivity index (χ0) is 24.7. The van der Waals surface area contributed by atoms with E-state index < -0.39 is 16.7 Å². The largest absolute Gasteiger partial charge is 0.497 e. The molecule has 9 nitrogen and oxygen atoms in total. The number of carbonyl (C=O) groups excluding carboxylic acids is 2. The van der Waals surface area contributed by atoms with Crippen LogP contribution in [0.15, 0.2) is 66.7 Å². The van der Waals surface area contributed by atoms with Crippen LogP contribution in [-0.4, -0.2) is 48.9 Å². The van der Waals surface area contributed by atoms with E-state index in [0.717, 1.165) is 0 Å². The van der Waals surface area contributed by atoms with Crippen molar-refractivity contribution in [2.24, 2.45) is 0 Å². The van der Waals surface area contributed by atoms with Gasteiger partial charge in [0.1, 0.15) is 11.5 Å². The summed E-state index contributed by atoms with van der Waals surface area (Å²) in [6, 6.07) is 17.8. The smallest absolute Gasteiger partial charge is 0.270 e. The summed E-state index contributed by atoms with van der Waals surface area (Å²) in [4.78, 5) is 36.8. The Morgan fingerprint density at radius 3 is 2.44 bits per heavy atom. The highest BCUT2D eigenvalue weighted by atomic mass is 35.5. The Morgan fingerprint density at radius 1 is 1.09 bits per heavy atom. The number of rotatable bonds is 9. The lowest BCUT2D eigenvalue weighted by atomic mass is 10.0. The number of nitrogens with one attached hydrogen (secondary N) is 1. The number of halogens is 1. The molecule has 10 heteroatoms. The molecule has 0 aromatic heterocycles. The maximum Gasteiger partial charge on any atom is 0.270 e. The molecule has 0 fully saturated rings. The van der Waals surface area contributed by atoms with Gasteiger partial charge in [-0.2, -0.15) is 0 Å². The number of carbonyl (C=O) groups is 2. The first-order valence-corrected chi connectivity index (χ1v) is 10.5. The predicted octanol–water partition coefficient (Wildman–Crippen LogP) is 4.40. The molecule has 0 saturated heterocycles. The van der Waals surface area contributed by atoms with Crippen LogP contribution in [-0.2, 0) is 9.59 Å². The van der Waals surface area contributed by atoms with Crippen LogP contribution in [0.5, 0.6) is 11.5 Å². The zero-order valence-electron chi connectivity index (χ0n) is 18.5. The van der Waals surface area contributed by atoms with Crippen molar-refractivity contribution in [3.63, 3.8) is 0 Å². The fraction of sp³-hybridized carbons (Fsp3) is 0.167. The third-order valence-corrected chi connectivity index (χ3v) is 5.21. The van der Waals surface area contributed by atoms with E-state index in [-0.39, 0.29) is 24.6 Å². The number of nitro benzene ring substituents is 1. The van der Waals surface area contributed by atoms with E-state index in [4.69, 9.17) is 21.1 Å². The maximum atomic E-state index is 12.5. The van der Waals surface area contributed by atoms with E-state index >= 15 is 0 Å². The van der Waals surface area contributed by atoms with Gasteiger partial charge in [-0.25, -0.2) is 0 Å². The third-order valence-electron chi connectivity index (χ3n) is 4.88. The van der Waals surface area contributed by atoms with Crippen molar-refractivity contribution < 1.29 is 24.0 Å². The number of benzene rings is 3. The van der Waals surface area contributed by atoms with E-state index in [1.807, 2.05) is 0 Å². The Morgan fingerprint density at radius 2 is 1.79 bits per heavy atom. The second kappa shape index (κ2) is 11.2. The molecular formula is C24H22ClN3O6. The summed E-state index contributed by atoms with van der Waals surface area (Å²) in [7, 11) is 3.01. The summed E-state index contributed by atoms with van der Waals surface area (Å²) in [5.74, 6) is 0.0492. The number of amides is 2. The van der Waals surface area contributed by atoms with Crippen LogP contribution in [0.3, 0.4) is 0 Å². The van der Waals surface area contributed by atoms with Gasteiger partial charge in [-0.1, -0.05) is 35.9 Å². The average Bonchev–Trinajstić information content (AvgIpc) is 2.83. The summed E-state index contributed by atoms with van der Waals surface area (Å²) in [5, 5.41) is 14.3. The molecule has 34 heavy (non-hydrogen) atoms. The number of hydrogen-bond acceptors (Lipinski definition) is 6. The minimum Gasteiger partial charge on any atom is -0.497 e. The van der Waals surface area contributed by atoms with Crippen LogP contribution in [0.4, 0.5) is 11.4 Å². The number of non-ortho nitro benzene ring substituents is 1. The summed E-state index contributed by atoms with van der Waals surface area (Å²) in [5.41, 5.74) is 1.43. The Hall–Kier alpha value is -4.11. The Labute approximate surface area is 201 Å². The molecule has 2 amide bonds. The van der Waals surface area contributed by atoms with Crippen molar-refractivity contribution in [1.29, 1.82) is 0 Å². The summed E-state index contributed by atoms with van der Waals surface area (Å²) >= 11 is 6.03. The maximum absolute atomic E-state index is 12.5. The molecule has 0 aliphatic carbocycles. The molecule has 0 aliphatic rings. The number of nitrogens with zero attached hydrogens (tertiary/aromatic N) is 2. The fourth-order valence-corrected chi connectivity index (χ4v) is 3.24. The van der Waals surface area contributed by atoms with Crippen LogP contribution < -0.4 is 14.8 Å². The predicted molar refractivity (Wildman–Crippen MR) is 128 cm³/mol. The molecule has 0 unspecified atom stereocenters. The van der Waals surface area contributed by atoms with Crippen molar-refractivity contribution in [2.75, 3.05) is 32.6 Å². The molecule has 0 radical (unpaired) electrons. The van der Waals surface area contributed by atoms with E-state index in [1.54, 1.807) is 48.5 Å². The van der Waals surface area contributed by atoms with Gasteiger partial charge in [0, 0.05) is 24.7 Å². The quantitative estimate of drug-likeness (QED) is 0.356. The number of methoxy groups -OCH3 is 1. The molecule has 0 bridgehead atoms. The van der Waals surface area contributed by atoms with Crippen molar-refractivity contribution in [3.05, 3.63) is 81.9 Å². The van der Waals surface area contributed by atoms with Crippen molar-refractivity contribution in [1.82, 2.24) is 4.90 Å². The van der Waals surface area contributed by atoms with Gasteiger partial charge in [0.2, 0.25) is 5.91 Å². The van der Waals surface area contributed by atoms with Gasteiger partial charge >= 0.3 is 0 Å². The molecule has 0 aliphatic heterocycles. The van der Waals surface area contributed by atoms with E-state index in [1.165, 1.54) is 37.3 Å². The minimum absolute atomic E-state index is 0.113. The number of likely N-dealkylation sites (N-methyl/N-ethyl adjacent to an activating group) is 1. The molecule has 3 aromatic rings. The first kappa shape index (κ1) is 24.5. The van der Waals surface area contributed by atoms with Gasteiger partial charge in [0.05, 0.1) is 29.3 Å². The lowest BCUT2D eigenvalue weighted by Gasteiger charge is -2.18. The van der Waals surface area contributed by atoms with Gasteiger partial charge in [-0.05, 0) is 35.9 Å². The number of para-hydroxylation sites is 1. The highest BCUT2D eigenvalue weighted by Crippen LogP contribution is 2.34. The summed E-state index contributed by atoms with van der Waals surface area (Å²) in [6.07, 6.45) is 0. The molecule has 0 spiro atoms. The van der Waals surface area contributed by atoms with Crippen LogP contribution in [0.1, 0.15) is 0 Å². The van der Waals surface area contributed by atoms with Crippen molar-refractivity contribution in [2.45, 2.75) is 0 Å². The van der Waals surface area contributed by atoms with E-state index in [2.05, 4.69) is 5.32 Å². The number of nitro groups is 1. The molecule has 3 rings (SSSR count). The third kappa shape index (κ3) is 6.23. The first-order valence-electron chi connectivity index (χ1n) is 10.1. The second-order valence-electron chi connectivity index (χ2n) is 7.23. The number of hydrogen-bond donors (Lipinski definition) is 1. The van der Waals surface area contributed by atoms with Gasteiger partial charge in [0.15, 0.2) is 6.61 Å².